The fourth-order valence-corrected chi connectivity index (χ4v) is 3.29. The van der Waals surface area contributed by atoms with E-state index in [-0.39, 0.29) is 17.0 Å². The SMILES string of the molecule is O=C1N/C(=N/N=C/c2ccccc2Cl)SC1Cc1ccc(F)cc1. The van der Waals surface area contributed by atoms with E-state index in [1.165, 1.54) is 30.1 Å². The summed E-state index contributed by atoms with van der Waals surface area (Å²) < 4.78 is 12.9. The number of amides is 1. The summed E-state index contributed by atoms with van der Waals surface area (Å²) in [6, 6.07) is 13.4. The molecule has 24 heavy (non-hydrogen) atoms. The van der Waals surface area contributed by atoms with Crippen molar-refractivity contribution in [3.63, 3.8) is 0 Å². The first-order valence-electron chi connectivity index (χ1n) is 7.19. The number of hydrogen-bond acceptors (Lipinski definition) is 4. The first-order chi connectivity index (χ1) is 11.6. The number of amidine groups is 1. The normalized spacial score (nSPS) is 19.2. The lowest BCUT2D eigenvalue weighted by Crippen LogP contribution is -2.25. The third kappa shape index (κ3) is 4.21. The van der Waals surface area contributed by atoms with Gasteiger partial charge in [0.1, 0.15) is 5.82 Å². The minimum absolute atomic E-state index is 0.129. The van der Waals surface area contributed by atoms with Crippen molar-refractivity contribution in [2.45, 2.75) is 11.7 Å². The molecule has 1 aliphatic rings. The van der Waals surface area contributed by atoms with Crippen LogP contribution in [0.2, 0.25) is 5.02 Å². The van der Waals surface area contributed by atoms with Crippen molar-refractivity contribution < 1.29 is 9.18 Å². The maximum Gasteiger partial charge on any atom is 0.239 e. The zero-order chi connectivity index (χ0) is 16.9. The first-order valence-corrected chi connectivity index (χ1v) is 8.45. The minimum atomic E-state index is -0.301. The maximum atomic E-state index is 12.9. The molecule has 0 aliphatic carbocycles. The summed E-state index contributed by atoms with van der Waals surface area (Å²) in [6.45, 7) is 0. The van der Waals surface area contributed by atoms with E-state index in [0.717, 1.165) is 11.1 Å². The molecule has 7 heteroatoms. The van der Waals surface area contributed by atoms with Gasteiger partial charge in [-0.2, -0.15) is 5.10 Å². The molecule has 1 fully saturated rings. The molecule has 0 saturated carbocycles. The second kappa shape index (κ2) is 7.59. The monoisotopic (exact) mass is 361 g/mol. The number of nitrogens with zero attached hydrogens (tertiary/aromatic N) is 2. The predicted octanol–water partition coefficient (Wildman–Crippen LogP) is 3.64. The average Bonchev–Trinajstić information content (AvgIpc) is 2.91. The van der Waals surface area contributed by atoms with Gasteiger partial charge < -0.3 is 5.32 Å². The van der Waals surface area contributed by atoms with Gasteiger partial charge >= 0.3 is 0 Å². The molecule has 0 bridgehead atoms. The highest BCUT2D eigenvalue weighted by molar-refractivity contribution is 8.15. The first kappa shape index (κ1) is 16.7. The number of thioether (sulfide) groups is 1. The molecule has 1 amide bonds. The highest BCUT2D eigenvalue weighted by Crippen LogP contribution is 2.23. The van der Waals surface area contributed by atoms with Crippen molar-refractivity contribution in [3.8, 4) is 0 Å². The molecule has 122 valence electrons. The fourth-order valence-electron chi connectivity index (χ4n) is 2.14. The van der Waals surface area contributed by atoms with Crippen molar-refractivity contribution in [2.24, 2.45) is 10.2 Å². The van der Waals surface area contributed by atoms with Gasteiger partial charge in [-0.05, 0) is 30.2 Å². The molecule has 4 nitrogen and oxygen atoms in total. The zero-order valence-corrected chi connectivity index (χ0v) is 14.0. The number of hydrogen-bond donors (Lipinski definition) is 1. The summed E-state index contributed by atoms with van der Waals surface area (Å²) >= 11 is 7.33. The topological polar surface area (TPSA) is 53.8 Å². The minimum Gasteiger partial charge on any atom is -0.303 e. The summed E-state index contributed by atoms with van der Waals surface area (Å²) in [5.41, 5.74) is 1.64. The van der Waals surface area contributed by atoms with E-state index in [1.54, 1.807) is 18.2 Å². The Labute approximate surface area is 147 Å². The molecule has 1 heterocycles. The second-order valence-electron chi connectivity index (χ2n) is 5.10. The smallest absolute Gasteiger partial charge is 0.239 e. The summed E-state index contributed by atoms with van der Waals surface area (Å²) in [6.07, 6.45) is 2.04. The van der Waals surface area contributed by atoms with E-state index in [2.05, 4.69) is 15.5 Å². The van der Waals surface area contributed by atoms with Crippen LogP contribution in [0.5, 0.6) is 0 Å². The van der Waals surface area contributed by atoms with Crippen molar-refractivity contribution in [1.29, 1.82) is 0 Å². The lowest BCUT2D eigenvalue weighted by atomic mass is 10.1. The summed E-state index contributed by atoms with van der Waals surface area (Å²) in [5, 5.41) is 11.4. The van der Waals surface area contributed by atoms with Gasteiger partial charge in [0.25, 0.3) is 0 Å². The maximum absolute atomic E-state index is 12.9. The standard InChI is InChI=1S/C17H13ClFN3OS/c18-14-4-2-1-3-12(14)10-20-22-17-21-16(23)15(24-17)9-11-5-7-13(19)8-6-11/h1-8,10,15H,9H2,(H,21,22,23)/b20-10+. The van der Waals surface area contributed by atoms with Gasteiger partial charge in [-0.1, -0.05) is 53.7 Å². The van der Waals surface area contributed by atoms with E-state index in [4.69, 9.17) is 11.6 Å². The number of nitrogens with one attached hydrogen (secondary N) is 1. The molecule has 1 saturated heterocycles. The second-order valence-corrected chi connectivity index (χ2v) is 6.70. The molecule has 0 spiro atoms. The van der Waals surface area contributed by atoms with Crippen LogP contribution >= 0.6 is 23.4 Å². The average molecular weight is 362 g/mol. The Hall–Kier alpha value is -2.18. The van der Waals surface area contributed by atoms with Crippen molar-refractivity contribution >= 4 is 40.7 Å². The fraction of sp³-hybridized carbons (Fsp3) is 0.118. The van der Waals surface area contributed by atoms with E-state index in [1.807, 2.05) is 18.2 Å². The zero-order valence-electron chi connectivity index (χ0n) is 12.4. The van der Waals surface area contributed by atoms with Crippen LogP contribution in [0.25, 0.3) is 0 Å². The van der Waals surface area contributed by atoms with Crippen LogP contribution in [0, 0.1) is 5.82 Å². The number of benzene rings is 2. The van der Waals surface area contributed by atoms with Crippen LogP contribution < -0.4 is 5.32 Å². The van der Waals surface area contributed by atoms with E-state index < -0.39 is 0 Å². The number of carbonyl (C=O) groups is 1. The third-order valence-corrected chi connectivity index (χ3v) is 4.78. The Bertz CT molecular complexity index is 808. The highest BCUT2D eigenvalue weighted by Gasteiger charge is 2.30. The van der Waals surface area contributed by atoms with Gasteiger partial charge in [-0.25, -0.2) is 4.39 Å². The van der Waals surface area contributed by atoms with E-state index in [0.29, 0.717) is 16.6 Å². The van der Waals surface area contributed by atoms with E-state index >= 15 is 0 Å². The molecule has 2 aromatic rings. The van der Waals surface area contributed by atoms with Gasteiger partial charge in [0, 0.05) is 10.6 Å². The molecular formula is C17H13ClFN3OS. The Morgan fingerprint density at radius 3 is 2.71 bits per heavy atom. The quantitative estimate of drug-likeness (QED) is 0.667. The molecule has 3 rings (SSSR count). The van der Waals surface area contributed by atoms with Gasteiger partial charge in [0.15, 0.2) is 5.17 Å². The van der Waals surface area contributed by atoms with Crippen LogP contribution in [0.1, 0.15) is 11.1 Å². The molecule has 0 aromatic heterocycles. The lowest BCUT2D eigenvalue weighted by Gasteiger charge is -2.04. The summed E-state index contributed by atoms with van der Waals surface area (Å²) in [7, 11) is 0. The van der Waals surface area contributed by atoms with Gasteiger partial charge in [0.05, 0.1) is 11.5 Å². The van der Waals surface area contributed by atoms with Gasteiger partial charge in [-0.3, -0.25) is 4.79 Å². The molecule has 0 radical (unpaired) electrons. The third-order valence-electron chi connectivity index (χ3n) is 3.36. The number of carbonyl (C=O) groups excluding carboxylic acids is 1. The van der Waals surface area contributed by atoms with Crippen LogP contribution in [0.4, 0.5) is 4.39 Å². The Balaban J connectivity index is 1.63. The molecule has 1 unspecified atom stereocenters. The number of halogens is 2. The Kier molecular flexibility index (Phi) is 5.27. The molecule has 1 aliphatic heterocycles. The summed E-state index contributed by atoms with van der Waals surface area (Å²) in [5.74, 6) is -0.422. The van der Waals surface area contributed by atoms with Crippen LogP contribution in [-0.2, 0) is 11.2 Å². The van der Waals surface area contributed by atoms with E-state index in [9.17, 15) is 9.18 Å². The molecule has 2 aromatic carbocycles. The molecule has 1 atom stereocenters. The Morgan fingerprint density at radius 2 is 1.96 bits per heavy atom. The van der Waals surface area contributed by atoms with Crippen molar-refractivity contribution in [1.82, 2.24) is 5.32 Å². The Morgan fingerprint density at radius 1 is 1.21 bits per heavy atom. The highest BCUT2D eigenvalue weighted by atomic mass is 35.5. The van der Waals surface area contributed by atoms with Crippen molar-refractivity contribution in [3.05, 3.63) is 70.5 Å². The van der Waals surface area contributed by atoms with Crippen LogP contribution in [-0.4, -0.2) is 22.5 Å². The number of rotatable bonds is 4. The molecular weight excluding hydrogens is 349 g/mol. The largest absolute Gasteiger partial charge is 0.303 e. The summed E-state index contributed by atoms with van der Waals surface area (Å²) in [4.78, 5) is 12.0. The predicted molar refractivity (Wildman–Crippen MR) is 96.1 cm³/mol. The van der Waals surface area contributed by atoms with Crippen LogP contribution in [0.3, 0.4) is 0 Å². The van der Waals surface area contributed by atoms with Gasteiger partial charge in [0.2, 0.25) is 5.91 Å². The van der Waals surface area contributed by atoms with Gasteiger partial charge in [-0.15, -0.1) is 5.10 Å². The van der Waals surface area contributed by atoms with Crippen molar-refractivity contribution in [2.75, 3.05) is 0 Å². The molecule has 1 N–H and O–H groups in total. The van der Waals surface area contributed by atoms with Crippen LogP contribution in [0.15, 0.2) is 58.7 Å². The lowest BCUT2D eigenvalue weighted by molar-refractivity contribution is -0.118.